The van der Waals surface area contributed by atoms with E-state index in [0.29, 0.717) is 12.0 Å². The van der Waals surface area contributed by atoms with Crippen LogP contribution >= 0.6 is 0 Å². The first-order valence-corrected chi connectivity index (χ1v) is 9.48. The van der Waals surface area contributed by atoms with E-state index in [2.05, 4.69) is 41.3 Å². The highest BCUT2D eigenvalue weighted by Crippen LogP contribution is 2.15. The van der Waals surface area contributed by atoms with E-state index in [1.54, 1.807) is 19.0 Å². The van der Waals surface area contributed by atoms with Crippen LogP contribution in [0.15, 0.2) is 4.99 Å². The maximum Gasteiger partial charge on any atom is 0.243 e. The Hall–Kier alpha value is -1.30. The largest absolute Gasteiger partial charge is 0.356 e. The SMILES string of the molecule is CCC(CC)CNC(=NCC(=O)N(C)C)NCC1CCCN1CC. The Morgan fingerprint density at radius 2 is 1.96 bits per heavy atom. The molecular formula is C18H37N5O. The number of amides is 1. The van der Waals surface area contributed by atoms with Gasteiger partial charge in [0.15, 0.2) is 5.96 Å². The van der Waals surface area contributed by atoms with Gasteiger partial charge in [0.1, 0.15) is 6.54 Å². The number of nitrogens with one attached hydrogen (secondary N) is 2. The van der Waals surface area contributed by atoms with Gasteiger partial charge in [0.25, 0.3) is 0 Å². The van der Waals surface area contributed by atoms with Gasteiger partial charge in [0.2, 0.25) is 5.91 Å². The van der Waals surface area contributed by atoms with Crippen LogP contribution in [0.3, 0.4) is 0 Å². The summed E-state index contributed by atoms with van der Waals surface area (Å²) in [5.41, 5.74) is 0. The number of hydrogen-bond acceptors (Lipinski definition) is 3. The summed E-state index contributed by atoms with van der Waals surface area (Å²) in [7, 11) is 3.53. The second kappa shape index (κ2) is 11.3. The summed E-state index contributed by atoms with van der Waals surface area (Å²) in [5.74, 6) is 1.43. The lowest BCUT2D eigenvalue weighted by atomic mass is 10.0. The molecule has 2 N–H and O–H groups in total. The molecule has 1 amide bonds. The first-order chi connectivity index (χ1) is 11.5. The third kappa shape index (κ3) is 7.07. The Morgan fingerprint density at radius 1 is 1.25 bits per heavy atom. The summed E-state index contributed by atoms with van der Waals surface area (Å²) >= 11 is 0. The van der Waals surface area contributed by atoms with Crippen molar-refractivity contribution in [3.05, 3.63) is 0 Å². The quantitative estimate of drug-likeness (QED) is 0.494. The van der Waals surface area contributed by atoms with Crippen molar-refractivity contribution in [2.24, 2.45) is 10.9 Å². The highest BCUT2D eigenvalue weighted by Gasteiger charge is 2.22. The van der Waals surface area contributed by atoms with Gasteiger partial charge in [0.05, 0.1) is 0 Å². The normalized spacial score (nSPS) is 18.9. The van der Waals surface area contributed by atoms with E-state index in [0.717, 1.165) is 38.4 Å². The Labute approximate surface area is 148 Å². The van der Waals surface area contributed by atoms with Crippen LogP contribution in [0.25, 0.3) is 0 Å². The van der Waals surface area contributed by atoms with Crippen LogP contribution in [0.2, 0.25) is 0 Å². The van der Waals surface area contributed by atoms with E-state index in [1.807, 2.05) is 0 Å². The molecule has 0 spiro atoms. The molecule has 0 aliphatic carbocycles. The van der Waals surface area contributed by atoms with Crippen LogP contribution in [-0.4, -0.2) is 74.5 Å². The number of nitrogens with zero attached hydrogens (tertiary/aromatic N) is 3. The lowest BCUT2D eigenvalue weighted by molar-refractivity contribution is -0.127. The van der Waals surface area contributed by atoms with Crippen molar-refractivity contribution in [1.29, 1.82) is 0 Å². The molecule has 1 rings (SSSR count). The van der Waals surface area contributed by atoms with Crippen LogP contribution in [0.1, 0.15) is 46.5 Å². The van der Waals surface area contributed by atoms with Gasteiger partial charge < -0.3 is 15.5 Å². The van der Waals surface area contributed by atoms with Gasteiger partial charge >= 0.3 is 0 Å². The molecule has 6 heteroatoms. The van der Waals surface area contributed by atoms with Crippen LogP contribution in [0.5, 0.6) is 0 Å². The Kier molecular flexibility index (Phi) is 9.76. The van der Waals surface area contributed by atoms with E-state index in [-0.39, 0.29) is 12.5 Å². The van der Waals surface area contributed by atoms with Gasteiger partial charge in [-0.25, -0.2) is 4.99 Å². The monoisotopic (exact) mass is 339 g/mol. The van der Waals surface area contributed by atoms with Crippen molar-refractivity contribution in [3.63, 3.8) is 0 Å². The van der Waals surface area contributed by atoms with Crippen LogP contribution < -0.4 is 10.6 Å². The third-order valence-corrected chi connectivity index (χ3v) is 4.99. The molecule has 0 aromatic rings. The van der Waals surface area contributed by atoms with Crippen molar-refractivity contribution in [3.8, 4) is 0 Å². The van der Waals surface area contributed by atoms with Crippen molar-refractivity contribution in [1.82, 2.24) is 20.4 Å². The molecule has 1 aliphatic rings. The molecule has 0 bridgehead atoms. The van der Waals surface area contributed by atoms with Crippen molar-refractivity contribution in [2.75, 3.05) is 46.8 Å². The zero-order valence-corrected chi connectivity index (χ0v) is 16.3. The predicted molar refractivity (Wildman–Crippen MR) is 101 cm³/mol. The maximum absolute atomic E-state index is 11.8. The zero-order chi connectivity index (χ0) is 17.9. The number of aliphatic imine (C=N–C) groups is 1. The fourth-order valence-electron chi connectivity index (χ4n) is 3.04. The van der Waals surface area contributed by atoms with Gasteiger partial charge in [-0.05, 0) is 31.8 Å². The number of rotatable bonds is 9. The molecule has 0 aromatic heterocycles. The summed E-state index contributed by atoms with van der Waals surface area (Å²) < 4.78 is 0. The van der Waals surface area contributed by atoms with Crippen molar-refractivity contribution >= 4 is 11.9 Å². The molecule has 1 heterocycles. The average Bonchev–Trinajstić information content (AvgIpc) is 3.04. The summed E-state index contributed by atoms with van der Waals surface area (Å²) in [6.45, 7) is 10.9. The molecule has 24 heavy (non-hydrogen) atoms. The number of carbonyl (C=O) groups is 1. The highest BCUT2D eigenvalue weighted by atomic mass is 16.2. The summed E-state index contributed by atoms with van der Waals surface area (Å²) in [4.78, 5) is 20.4. The fraction of sp³-hybridized carbons (Fsp3) is 0.889. The number of guanidine groups is 1. The van der Waals surface area contributed by atoms with Gasteiger partial charge in [-0.1, -0.05) is 33.6 Å². The number of carbonyl (C=O) groups excluding carboxylic acids is 1. The Morgan fingerprint density at radius 3 is 2.54 bits per heavy atom. The smallest absolute Gasteiger partial charge is 0.243 e. The minimum absolute atomic E-state index is 0.0229. The molecule has 1 aliphatic heterocycles. The molecule has 0 saturated carbocycles. The fourth-order valence-corrected chi connectivity index (χ4v) is 3.04. The van der Waals surface area contributed by atoms with E-state index < -0.39 is 0 Å². The lowest BCUT2D eigenvalue weighted by Crippen LogP contribution is -2.46. The Balaban J connectivity index is 2.58. The predicted octanol–water partition coefficient (Wildman–Crippen LogP) is 1.53. The molecule has 6 nitrogen and oxygen atoms in total. The third-order valence-electron chi connectivity index (χ3n) is 4.99. The topological polar surface area (TPSA) is 60.0 Å². The summed E-state index contributed by atoms with van der Waals surface area (Å²) in [5, 5.41) is 6.87. The molecule has 0 radical (unpaired) electrons. The molecule has 140 valence electrons. The van der Waals surface area contributed by atoms with E-state index in [9.17, 15) is 4.79 Å². The molecule has 0 aromatic carbocycles. The highest BCUT2D eigenvalue weighted by molar-refractivity contribution is 5.84. The van der Waals surface area contributed by atoms with Crippen molar-refractivity contribution < 1.29 is 4.79 Å². The van der Waals surface area contributed by atoms with Crippen LogP contribution in [-0.2, 0) is 4.79 Å². The van der Waals surface area contributed by atoms with Gasteiger partial charge in [0, 0.05) is 33.2 Å². The molecule has 1 unspecified atom stereocenters. The van der Waals surface area contributed by atoms with Crippen molar-refractivity contribution in [2.45, 2.75) is 52.5 Å². The number of likely N-dealkylation sites (N-methyl/N-ethyl adjacent to an activating group) is 2. The van der Waals surface area contributed by atoms with Gasteiger partial charge in [-0.15, -0.1) is 0 Å². The minimum atomic E-state index is 0.0229. The second-order valence-corrected chi connectivity index (χ2v) is 6.82. The zero-order valence-electron chi connectivity index (χ0n) is 16.3. The molecule has 1 atom stereocenters. The number of hydrogen-bond donors (Lipinski definition) is 2. The lowest BCUT2D eigenvalue weighted by Gasteiger charge is -2.24. The van der Waals surface area contributed by atoms with Gasteiger partial charge in [-0.3, -0.25) is 9.69 Å². The Bertz CT molecular complexity index is 393. The molecule has 1 saturated heterocycles. The minimum Gasteiger partial charge on any atom is -0.356 e. The molecule has 1 fully saturated rings. The van der Waals surface area contributed by atoms with E-state index >= 15 is 0 Å². The van der Waals surface area contributed by atoms with Crippen LogP contribution in [0.4, 0.5) is 0 Å². The molecular weight excluding hydrogens is 302 g/mol. The average molecular weight is 340 g/mol. The first kappa shape index (κ1) is 20.7. The van der Waals surface area contributed by atoms with E-state index in [4.69, 9.17) is 0 Å². The maximum atomic E-state index is 11.8. The van der Waals surface area contributed by atoms with E-state index in [1.165, 1.54) is 19.4 Å². The summed E-state index contributed by atoms with van der Waals surface area (Å²) in [6, 6.07) is 0.569. The van der Waals surface area contributed by atoms with Crippen LogP contribution in [0, 0.1) is 5.92 Å². The van der Waals surface area contributed by atoms with Gasteiger partial charge in [-0.2, -0.15) is 0 Å². The number of likely N-dealkylation sites (tertiary alicyclic amines) is 1. The first-order valence-electron chi connectivity index (χ1n) is 9.48. The summed E-state index contributed by atoms with van der Waals surface area (Å²) in [6.07, 6.45) is 4.81. The second-order valence-electron chi connectivity index (χ2n) is 6.82. The standard InChI is InChI=1S/C18H37N5O/c1-6-15(7-2)12-19-18(21-14-17(24)22(4)5)20-13-16-10-9-11-23(16)8-3/h15-16H,6-14H2,1-5H3,(H2,19,20,21).